The number of anilines is 1. The largest absolute Gasteiger partial charge is 0.478 e. The second kappa shape index (κ2) is 7.82. The standard InChI is InChI=1S/C20H20FN3O2/c1-14-7-9-16(10-8-14)13-24-19(11-12-22-24)23-20(25)15(2)26-18-6-4-3-5-17(18)21/h3-12,15H,13H2,1-2H3,(H,23,25)/t15-/m1/s1. The van der Waals surface area contributed by atoms with Gasteiger partial charge in [-0.2, -0.15) is 5.10 Å². The van der Waals surface area contributed by atoms with Crippen molar-refractivity contribution in [2.75, 3.05) is 5.32 Å². The van der Waals surface area contributed by atoms with Crippen LogP contribution in [0.25, 0.3) is 0 Å². The summed E-state index contributed by atoms with van der Waals surface area (Å²) in [6, 6.07) is 15.8. The molecule has 1 N–H and O–H groups in total. The van der Waals surface area contributed by atoms with E-state index in [4.69, 9.17) is 4.74 Å². The molecule has 0 spiro atoms. The van der Waals surface area contributed by atoms with E-state index in [2.05, 4.69) is 10.4 Å². The molecule has 0 aliphatic heterocycles. The first-order valence-corrected chi connectivity index (χ1v) is 8.32. The number of carbonyl (C=O) groups is 1. The van der Waals surface area contributed by atoms with E-state index < -0.39 is 11.9 Å². The maximum absolute atomic E-state index is 13.7. The van der Waals surface area contributed by atoms with Crippen LogP contribution in [0, 0.1) is 12.7 Å². The summed E-state index contributed by atoms with van der Waals surface area (Å²) in [6.45, 7) is 4.13. The Bertz CT molecular complexity index is 890. The predicted octanol–water partition coefficient (Wildman–Crippen LogP) is 3.78. The minimum absolute atomic E-state index is 0.0447. The van der Waals surface area contributed by atoms with Crippen LogP contribution in [0.3, 0.4) is 0 Å². The van der Waals surface area contributed by atoms with Crippen molar-refractivity contribution < 1.29 is 13.9 Å². The van der Waals surface area contributed by atoms with Gasteiger partial charge in [-0.15, -0.1) is 0 Å². The summed E-state index contributed by atoms with van der Waals surface area (Å²) >= 11 is 0. The van der Waals surface area contributed by atoms with Crippen molar-refractivity contribution in [1.29, 1.82) is 0 Å². The smallest absolute Gasteiger partial charge is 0.266 e. The molecule has 0 saturated heterocycles. The van der Waals surface area contributed by atoms with E-state index in [9.17, 15) is 9.18 Å². The zero-order chi connectivity index (χ0) is 18.5. The number of para-hydroxylation sites is 1. The molecule has 1 atom stereocenters. The van der Waals surface area contributed by atoms with Crippen molar-refractivity contribution in [1.82, 2.24) is 9.78 Å². The highest BCUT2D eigenvalue weighted by Gasteiger charge is 2.18. The van der Waals surface area contributed by atoms with Gasteiger partial charge >= 0.3 is 0 Å². The Morgan fingerprint density at radius 2 is 1.92 bits per heavy atom. The first-order chi connectivity index (χ1) is 12.5. The topological polar surface area (TPSA) is 56.2 Å². The monoisotopic (exact) mass is 353 g/mol. The second-order valence-electron chi connectivity index (χ2n) is 6.04. The predicted molar refractivity (Wildman–Crippen MR) is 97.6 cm³/mol. The van der Waals surface area contributed by atoms with E-state index in [-0.39, 0.29) is 11.7 Å². The molecule has 0 aliphatic rings. The molecule has 0 radical (unpaired) electrons. The second-order valence-corrected chi connectivity index (χ2v) is 6.04. The van der Waals surface area contributed by atoms with Gasteiger partial charge in [0, 0.05) is 6.07 Å². The summed E-state index contributed by atoms with van der Waals surface area (Å²) in [5.41, 5.74) is 2.26. The molecule has 134 valence electrons. The molecule has 3 rings (SSSR count). The lowest BCUT2D eigenvalue weighted by Gasteiger charge is -2.16. The van der Waals surface area contributed by atoms with Gasteiger partial charge in [0.15, 0.2) is 17.7 Å². The number of aryl methyl sites for hydroxylation is 1. The average Bonchev–Trinajstić information content (AvgIpc) is 3.05. The fourth-order valence-corrected chi connectivity index (χ4v) is 2.44. The van der Waals surface area contributed by atoms with E-state index in [1.54, 1.807) is 36.0 Å². The summed E-state index contributed by atoms with van der Waals surface area (Å²) in [5.74, 6) is -0.279. The van der Waals surface area contributed by atoms with Crippen molar-refractivity contribution in [2.24, 2.45) is 0 Å². The highest BCUT2D eigenvalue weighted by atomic mass is 19.1. The molecule has 5 nitrogen and oxygen atoms in total. The number of hydrogen-bond acceptors (Lipinski definition) is 3. The third-order valence-corrected chi connectivity index (χ3v) is 3.93. The zero-order valence-electron chi connectivity index (χ0n) is 14.6. The van der Waals surface area contributed by atoms with Crippen LogP contribution >= 0.6 is 0 Å². The quantitative estimate of drug-likeness (QED) is 0.734. The van der Waals surface area contributed by atoms with Gasteiger partial charge in [0.05, 0.1) is 12.7 Å². The summed E-state index contributed by atoms with van der Waals surface area (Å²) in [5, 5.41) is 7.02. The summed E-state index contributed by atoms with van der Waals surface area (Å²) < 4.78 is 20.8. The molecule has 1 amide bonds. The van der Waals surface area contributed by atoms with Crippen LogP contribution in [0.4, 0.5) is 10.2 Å². The van der Waals surface area contributed by atoms with Crippen LogP contribution in [-0.2, 0) is 11.3 Å². The first-order valence-electron chi connectivity index (χ1n) is 8.32. The molecule has 1 heterocycles. The molecule has 6 heteroatoms. The SMILES string of the molecule is Cc1ccc(Cn2nccc2NC(=O)[C@@H](C)Oc2ccccc2F)cc1. The van der Waals surface area contributed by atoms with Gasteiger partial charge in [-0.05, 0) is 31.5 Å². The number of halogens is 1. The molecule has 1 aromatic heterocycles. The molecule has 0 unspecified atom stereocenters. The normalized spacial score (nSPS) is 11.8. The zero-order valence-corrected chi connectivity index (χ0v) is 14.6. The summed E-state index contributed by atoms with van der Waals surface area (Å²) in [7, 11) is 0. The van der Waals surface area contributed by atoms with E-state index in [1.165, 1.54) is 17.7 Å². The van der Waals surface area contributed by atoms with Crippen LogP contribution in [0.5, 0.6) is 5.75 Å². The number of nitrogens with zero attached hydrogens (tertiary/aromatic N) is 2. The first kappa shape index (κ1) is 17.7. The van der Waals surface area contributed by atoms with Gasteiger partial charge in [-0.25, -0.2) is 9.07 Å². The fourth-order valence-electron chi connectivity index (χ4n) is 2.44. The summed E-state index contributed by atoms with van der Waals surface area (Å²) in [4.78, 5) is 12.4. The number of aromatic nitrogens is 2. The minimum atomic E-state index is -0.852. The van der Waals surface area contributed by atoms with Crippen LogP contribution in [0.2, 0.25) is 0 Å². The number of amides is 1. The van der Waals surface area contributed by atoms with E-state index in [0.717, 1.165) is 5.56 Å². The number of carbonyl (C=O) groups excluding carboxylic acids is 1. The lowest BCUT2D eigenvalue weighted by molar-refractivity contribution is -0.122. The lowest BCUT2D eigenvalue weighted by atomic mass is 10.1. The van der Waals surface area contributed by atoms with E-state index in [1.807, 2.05) is 31.2 Å². The van der Waals surface area contributed by atoms with E-state index in [0.29, 0.717) is 12.4 Å². The maximum Gasteiger partial charge on any atom is 0.266 e. The number of nitrogens with one attached hydrogen (secondary N) is 1. The molecule has 0 bridgehead atoms. The van der Waals surface area contributed by atoms with Crippen LogP contribution < -0.4 is 10.1 Å². The molecule has 0 saturated carbocycles. The molecule has 3 aromatic rings. The van der Waals surface area contributed by atoms with Gasteiger partial charge in [-0.1, -0.05) is 42.0 Å². The number of rotatable bonds is 6. The Hall–Kier alpha value is -3.15. The van der Waals surface area contributed by atoms with Crippen molar-refractivity contribution in [2.45, 2.75) is 26.5 Å². The number of ether oxygens (including phenoxy) is 1. The van der Waals surface area contributed by atoms with Gasteiger partial charge in [0.2, 0.25) is 0 Å². The molecule has 26 heavy (non-hydrogen) atoms. The number of benzene rings is 2. The Balaban J connectivity index is 1.65. The van der Waals surface area contributed by atoms with Gasteiger partial charge in [0.1, 0.15) is 5.82 Å². The highest BCUT2D eigenvalue weighted by molar-refractivity contribution is 5.93. The van der Waals surface area contributed by atoms with Gasteiger partial charge in [-0.3, -0.25) is 4.79 Å². The van der Waals surface area contributed by atoms with Crippen LogP contribution in [-0.4, -0.2) is 21.8 Å². The van der Waals surface area contributed by atoms with Crippen molar-refractivity contribution in [3.63, 3.8) is 0 Å². The molecular formula is C20H20FN3O2. The lowest BCUT2D eigenvalue weighted by Crippen LogP contribution is -2.31. The van der Waals surface area contributed by atoms with Crippen LogP contribution in [0.15, 0.2) is 60.8 Å². The van der Waals surface area contributed by atoms with E-state index >= 15 is 0 Å². The molecular weight excluding hydrogens is 333 g/mol. The molecule has 0 aliphatic carbocycles. The van der Waals surface area contributed by atoms with Gasteiger partial charge < -0.3 is 10.1 Å². The highest BCUT2D eigenvalue weighted by Crippen LogP contribution is 2.18. The minimum Gasteiger partial charge on any atom is -0.478 e. The average molecular weight is 353 g/mol. The Kier molecular flexibility index (Phi) is 5.31. The number of hydrogen-bond donors (Lipinski definition) is 1. The molecule has 0 fully saturated rings. The van der Waals surface area contributed by atoms with Crippen molar-refractivity contribution in [3.8, 4) is 5.75 Å². The molecule has 2 aromatic carbocycles. The van der Waals surface area contributed by atoms with Gasteiger partial charge in [0.25, 0.3) is 5.91 Å². The van der Waals surface area contributed by atoms with Crippen LogP contribution in [0.1, 0.15) is 18.1 Å². The van der Waals surface area contributed by atoms with Crippen molar-refractivity contribution >= 4 is 11.7 Å². The Morgan fingerprint density at radius 1 is 1.19 bits per heavy atom. The fraction of sp³-hybridized carbons (Fsp3) is 0.200. The Morgan fingerprint density at radius 3 is 2.65 bits per heavy atom. The van der Waals surface area contributed by atoms with Crippen molar-refractivity contribution in [3.05, 3.63) is 77.7 Å². The Labute approximate surface area is 151 Å². The third-order valence-electron chi connectivity index (χ3n) is 3.93. The maximum atomic E-state index is 13.7. The third kappa shape index (κ3) is 4.27. The summed E-state index contributed by atoms with van der Waals surface area (Å²) in [6.07, 6.45) is 0.765.